The summed E-state index contributed by atoms with van der Waals surface area (Å²) in [5.41, 5.74) is 1.63. The summed E-state index contributed by atoms with van der Waals surface area (Å²) in [6, 6.07) is 18.1. The molecule has 1 amide bonds. The van der Waals surface area contributed by atoms with Crippen molar-refractivity contribution in [2.24, 2.45) is 0 Å². The zero-order valence-electron chi connectivity index (χ0n) is 14.8. The van der Waals surface area contributed by atoms with Gasteiger partial charge in [0.2, 0.25) is 0 Å². The second-order valence-electron chi connectivity index (χ2n) is 5.80. The summed E-state index contributed by atoms with van der Waals surface area (Å²) in [6.45, 7) is 0.704. The largest absolute Gasteiger partial charge is 0.497 e. The van der Waals surface area contributed by atoms with Gasteiger partial charge in [-0.25, -0.2) is 0 Å². The molecule has 0 radical (unpaired) electrons. The topological polar surface area (TPSA) is 76.1 Å². The minimum absolute atomic E-state index is 0.287. The monoisotopic (exact) mass is 382 g/mol. The highest BCUT2D eigenvalue weighted by molar-refractivity contribution is 6.31. The van der Waals surface area contributed by atoms with Crippen LogP contribution in [0.3, 0.4) is 0 Å². The summed E-state index contributed by atoms with van der Waals surface area (Å²) in [5.74, 6) is 1.56. The van der Waals surface area contributed by atoms with Gasteiger partial charge in [0, 0.05) is 17.1 Å². The lowest BCUT2D eigenvalue weighted by Crippen LogP contribution is -2.14. The molecular weight excluding hydrogens is 364 g/mol. The lowest BCUT2D eigenvalue weighted by atomic mass is 10.1. The average molecular weight is 383 g/mol. The standard InChI is InChI=1S/C20H19ClN4O2/c1-27-17-7-2-4-14(12-17)10-11-22-18-8-9-19(25-24-18)23-20(26)15-5-3-6-16(21)13-15/h2-9,12-13H,10-11H2,1H3,(H,22,24)(H,23,25,26). The van der Waals surface area contributed by atoms with Crippen LogP contribution in [0.4, 0.5) is 11.6 Å². The highest BCUT2D eigenvalue weighted by Gasteiger charge is 2.07. The lowest BCUT2D eigenvalue weighted by molar-refractivity contribution is 0.102. The Balaban J connectivity index is 1.51. The Kier molecular flexibility index (Phi) is 6.22. The second kappa shape index (κ2) is 9.00. The smallest absolute Gasteiger partial charge is 0.256 e. The van der Waals surface area contributed by atoms with Gasteiger partial charge in [0.15, 0.2) is 5.82 Å². The fourth-order valence-electron chi connectivity index (χ4n) is 2.47. The lowest BCUT2D eigenvalue weighted by Gasteiger charge is -2.08. The molecule has 3 rings (SSSR count). The third kappa shape index (κ3) is 5.43. The number of methoxy groups -OCH3 is 1. The molecule has 6 nitrogen and oxygen atoms in total. The van der Waals surface area contributed by atoms with Gasteiger partial charge in [-0.1, -0.05) is 29.8 Å². The molecule has 0 aliphatic carbocycles. The van der Waals surface area contributed by atoms with E-state index in [9.17, 15) is 4.79 Å². The first kappa shape index (κ1) is 18.7. The van der Waals surface area contributed by atoms with Crippen LogP contribution in [0.2, 0.25) is 5.02 Å². The first-order chi connectivity index (χ1) is 13.1. The number of ether oxygens (including phenoxy) is 1. The normalized spacial score (nSPS) is 10.3. The van der Waals surface area contributed by atoms with Gasteiger partial charge >= 0.3 is 0 Å². The number of rotatable bonds is 7. The van der Waals surface area contributed by atoms with Crippen LogP contribution in [0.1, 0.15) is 15.9 Å². The molecule has 0 bridgehead atoms. The molecule has 3 aromatic rings. The van der Waals surface area contributed by atoms with E-state index in [4.69, 9.17) is 16.3 Å². The van der Waals surface area contributed by atoms with Gasteiger partial charge < -0.3 is 15.4 Å². The Morgan fingerprint density at radius 1 is 1.04 bits per heavy atom. The third-order valence-electron chi connectivity index (χ3n) is 3.85. The minimum Gasteiger partial charge on any atom is -0.497 e. The number of benzene rings is 2. The van der Waals surface area contributed by atoms with E-state index in [0.29, 0.717) is 28.8 Å². The summed E-state index contributed by atoms with van der Waals surface area (Å²) < 4.78 is 5.22. The molecule has 2 aromatic carbocycles. The number of carbonyl (C=O) groups excluding carboxylic acids is 1. The predicted octanol–water partition coefficient (Wildman–Crippen LogP) is 4.05. The summed E-state index contributed by atoms with van der Waals surface area (Å²) >= 11 is 5.90. The Hall–Kier alpha value is -3.12. The zero-order chi connectivity index (χ0) is 19.1. The van der Waals surface area contributed by atoms with Crippen molar-refractivity contribution in [3.8, 4) is 5.75 Å². The molecule has 2 N–H and O–H groups in total. The van der Waals surface area contributed by atoms with Crippen LogP contribution in [0.5, 0.6) is 5.75 Å². The van der Waals surface area contributed by atoms with Gasteiger partial charge in [-0.05, 0) is 54.4 Å². The van der Waals surface area contributed by atoms with Gasteiger partial charge in [-0.3, -0.25) is 4.79 Å². The van der Waals surface area contributed by atoms with Crippen molar-refractivity contribution in [1.29, 1.82) is 0 Å². The molecule has 0 spiro atoms. The number of amides is 1. The van der Waals surface area contributed by atoms with Crippen molar-refractivity contribution in [2.75, 3.05) is 24.3 Å². The van der Waals surface area contributed by atoms with Crippen LogP contribution in [0.25, 0.3) is 0 Å². The van der Waals surface area contributed by atoms with Crippen LogP contribution in [0.15, 0.2) is 60.7 Å². The Labute approximate surface area is 162 Å². The zero-order valence-corrected chi connectivity index (χ0v) is 15.5. The highest BCUT2D eigenvalue weighted by atomic mass is 35.5. The fourth-order valence-corrected chi connectivity index (χ4v) is 2.66. The number of anilines is 2. The summed E-state index contributed by atoms with van der Waals surface area (Å²) in [7, 11) is 1.65. The number of aromatic nitrogens is 2. The average Bonchev–Trinajstić information content (AvgIpc) is 2.69. The van der Waals surface area contributed by atoms with E-state index in [2.05, 4.69) is 20.8 Å². The Bertz CT molecular complexity index is 916. The quantitative estimate of drug-likeness (QED) is 0.644. The molecule has 138 valence electrons. The van der Waals surface area contributed by atoms with E-state index in [-0.39, 0.29) is 5.91 Å². The van der Waals surface area contributed by atoms with E-state index >= 15 is 0 Å². The van der Waals surface area contributed by atoms with Crippen LogP contribution in [-0.2, 0) is 6.42 Å². The van der Waals surface area contributed by atoms with Crippen molar-refractivity contribution < 1.29 is 9.53 Å². The van der Waals surface area contributed by atoms with E-state index < -0.39 is 0 Å². The van der Waals surface area contributed by atoms with Crippen molar-refractivity contribution in [1.82, 2.24) is 10.2 Å². The summed E-state index contributed by atoms with van der Waals surface area (Å²) in [4.78, 5) is 12.2. The van der Waals surface area contributed by atoms with Gasteiger partial charge in [0.25, 0.3) is 5.91 Å². The maximum absolute atomic E-state index is 12.2. The molecular formula is C20H19ClN4O2. The number of hydrogen-bond donors (Lipinski definition) is 2. The predicted molar refractivity (Wildman–Crippen MR) is 107 cm³/mol. The van der Waals surface area contributed by atoms with E-state index in [1.807, 2.05) is 24.3 Å². The molecule has 0 aliphatic heterocycles. The van der Waals surface area contributed by atoms with Crippen LogP contribution in [-0.4, -0.2) is 29.8 Å². The van der Waals surface area contributed by atoms with Crippen molar-refractivity contribution >= 4 is 29.1 Å². The third-order valence-corrected chi connectivity index (χ3v) is 4.08. The van der Waals surface area contributed by atoms with Gasteiger partial charge in [-0.2, -0.15) is 0 Å². The Morgan fingerprint density at radius 3 is 2.56 bits per heavy atom. The van der Waals surface area contributed by atoms with Crippen molar-refractivity contribution in [3.05, 3.63) is 76.8 Å². The molecule has 0 fully saturated rings. The molecule has 0 saturated carbocycles. The number of hydrogen-bond acceptors (Lipinski definition) is 5. The van der Waals surface area contributed by atoms with E-state index in [1.54, 1.807) is 43.5 Å². The number of nitrogens with zero attached hydrogens (tertiary/aromatic N) is 2. The molecule has 7 heteroatoms. The summed E-state index contributed by atoms with van der Waals surface area (Å²) in [6.07, 6.45) is 0.826. The van der Waals surface area contributed by atoms with Crippen LogP contribution < -0.4 is 15.4 Å². The molecule has 27 heavy (non-hydrogen) atoms. The summed E-state index contributed by atoms with van der Waals surface area (Å²) in [5, 5.41) is 14.5. The van der Waals surface area contributed by atoms with Crippen LogP contribution in [0, 0.1) is 0 Å². The van der Waals surface area contributed by atoms with Gasteiger partial charge in [0.05, 0.1) is 7.11 Å². The maximum Gasteiger partial charge on any atom is 0.256 e. The van der Waals surface area contributed by atoms with Gasteiger partial charge in [0.1, 0.15) is 11.6 Å². The van der Waals surface area contributed by atoms with E-state index in [0.717, 1.165) is 12.2 Å². The first-order valence-corrected chi connectivity index (χ1v) is 8.79. The van der Waals surface area contributed by atoms with Crippen molar-refractivity contribution in [2.45, 2.75) is 6.42 Å². The SMILES string of the molecule is COc1cccc(CCNc2ccc(NC(=O)c3cccc(Cl)c3)nn2)c1. The molecule has 1 heterocycles. The number of nitrogens with one attached hydrogen (secondary N) is 2. The minimum atomic E-state index is -0.287. The molecule has 0 atom stereocenters. The molecule has 0 unspecified atom stereocenters. The molecule has 0 aliphatic rings. The van der Waals surface area contributed by atoms with Crippen LogP contribution >= 0.6 is 11.6 Å². The first-order valence-electron chi connectivity index (χ1n) is 8.41. The van der Waals surface area contributed by atoms with E-state index in [1.165, 1.54) is 5.56 Å². The van der Waals surface area contributed by atoms with Crippen molar-refractivity contribution in [3.63, 3.8) is 0 Å². The highest BCUT2D eigenvalue weighted by Crippen LogP contribution is 2.14. The number of halogens is 1. The van der Waals surface area contributed by atoms with Gasteiger partial charge in [-0.15, -0.1) is 10.2 Å². The fraction of sp³-hybridized carbons (Fsp3) is 0.150. The maximum atomic E-state index is 12.2. The molecule has 1 aromatic heterocycles. The Morgan fingerprint density at radius 2 is 1.81 bits per heavy atom. The number of carbonyl (C=O) groups is 1. The molecule has 0 saturated heterocycles. The second-order valence-corrected chi connectivity index (χ2v) is 6.23.